The molecule has 0 radical (unpaired) electrons. The molecule has 0 fully saturated rings. The largest absolute Gasteiger partial charge is 0.206 e. The number of halogens is 3. The van der Waals surface area contributed by atoms with Gasteiger partial charge < -0.3 is 0 Å². The fourth-order valence-corrected chi connectivity index (χ4v) is 3.37. The number of rotatable bonds is 6. The Morgan fingerprint density at radius 2 is 1.38 bits per heavy atom. The van der Waals surface area contributed by atoms with Crippen LogP contribution in [0.5, 0.6) is 0 Å². The molecule has 3 rings (SSSR count). The Kier molecular flexibility index (Phi) is 6.41. The van der Waals surface area contributed by atoms with Gasteiger partial charge in [-0.2, -0.15) is 0 Å². The van der Waals surface area contributed by atoms with Gasteiger partial charge in [0.2, 0.25) is 0 Å². The number of hydrogen-bond donors (Lipinski definition) is 0. The lowest BCUT2D eigenvalue weighted by Crippen LogP contribution is -1.90. The summed E-state index contributed by atoms with van der Waals surface area (Å²) in [5, 5.41) is 0. The summed E-state index contributed by atoms with van der Waals surface area (Å²) in [6, 6.07) is 18.2. The third-order valence-corrected chi connectivity index (χ3v) is 5.43. The molecular weight excluding hydrogens is 441 g/mol. The summed E-state index contributed by atoms with van der Waals surface area (Å²) in [4.78, 5) is 0. The Morgan fingerprint density at radius 1 is 0.731 bits per heavy atom. The minimum absolute atomic E-state index is 0.328. The van der Waals surface area contributed by atoms with Crippen molar-refractivity contribution in [3.8, 4) is 22.3 Å². The van der Waals surface area contributed by atoms with Crippen LogP contribution in [0.2, 0.25) is 0 Å². The topological polar surface area (TPSA) is 0 Å². The first kappa shape index (κ1) is 19.0. The van der Waals surface area contributed by atoms with Crippen LogP contribution in [0.4, 0.5) is 8.78 Å². The molecule has 3 aromatic carbocycles. The van der Waals surface area contributed by atoms with E-state index in [4.69, 9.17) is 0 Å². The van der Waals surface area contributed by atoms with Crippen molar-refractivity contribution in [2.45, 2.75) is 32.6 Å². The molecule has 0 aliphatic rings. The smallest absolute Gasteiger partial charge is 0.137 e. The highest BCUT2D eigenvalue weighted by atomic mass is 127. The minimum atomic E-state index is -0.338. The van der Waals surface area contributed by atoms with Gasteiger partial charge in [0, 0.05) is 9.13 Å². The lowest BCUT2D eigenvalue weighted by atomic mass is 9.98. The van der Waals surface area contributed by atoms with Gasteiger partial charge in [0.1, 0.15) is 11.6 Å². The maximum Gasteiger partial charge on any atom is 0.137 e. The molecule has 134 valence electrons. The Labute approximate surface area is 167 Å². The van der Waals surface area contributed by atoms with Gasteiger partial charge in [-0.05, 0) is 75.9 Å². The van der Waals surface area contributed by atoms with E-state index in [0.717, 1.165) is 17.5 Å². The van der Waals surface area contributed by atoms with Crippen LogP contribution in [0.25, 0.3) is 22.3 Å². The van der Waals surface area contributed by atoms with Crippen LogP contribution in [0.15, 0.2) is 60.7 Å². The molecule has 26 heavy (non-hydrogen) atoms. The maximum atomic E-state index is 14.6. The highest BCUT2D eigenvalue weighted by Crippen LogP contribution is 2.29. The molecule has 0 aliphatic carbocycles. The highest BCUT2D eigenvalue weighted by molar-refractivity contribution is 14.1. The van der Waals surface area contributed by atoms with Crippen LogP contribution in [-0.2, 0) is 6.42 Å². The number of benzene rings is 3. The van der Waals surface area contributed by atoms with E-state index in [1.54, 1.807) is 18.2 Å². The molecule has 0 amide bonds. The summed E-state index contributed by atoms with van der Waals surface area (Å²) in [6.45, 7) is 2.20. The quantitative estimate of drug-likeness (QED) is 0.261. The molecule has 0 bridgehead atoms. The van der Waals surface area contributed by atoms with E-state index in [2.05, 4.69) is 19.1 Å². The molecule has 0 spiro atoms. The van der Waals surface area contributed by atoms with E-state index < -0.39 is 0 Å². The molecule has 0 heterocycles. The van der Waals surface area contributed by atoms with Gasteiger partial charge in [-0.1, -0.05) is 62.2 Å². The molecule has 0 unspecified atom stereocenters. The van der Waals surface area contributed by atoms with Crippen molar-refractivity contribution in [3.63, 3.8) is 0 Å². The van der Waals surface area contributed by atoms with E-state index in [0.29, 0.717) is 14.7 Å². The summed E-state index contributed by atoms with van der Waals surface area (Å²) < 4.78 is 28.9. The molecule has 0 saturated heterocycles. The second kappa shape index (κ2) is 8.76. The first-order valence-corrected chi connectivity index (χ1v) is 10.0. The predicted molar refractivity (Wildman–Crippen MR) is 113 cm³/mol. The monoisotopic (exact) mass is 462 g/mol. The van der Waals surface area contributed by atoms with Gasteiger partial charge in [0.05, 0.1) is 0 Å². The van der Waals surface area contributed by atoms with Crippen LogP contribution >= 0.6 is 22.6 Å². The lowest BCUT2D eigenvalue weighted by Gasteiger charge is -2.09. The van der Waals surface area contributed by atoms with E-state index in [9.17, 15) is 8.78 Å². The number of aryl methyl sites for hydroxylation is 1. The second-order valence-corrected chi connectivity index (χ2v) is 7.64. The van der Waals surface area contributed by atoms with Crippen molar-refractivity contribution in [2.24, 2.45) is 0 Å². The maximum absolute atomic E-state index is 14.6. The van der Waals surface area contributed by atoms with Crippen molar-refractivity contribution in [1.82, 2.24) is 0 Å². The van der Waals surface area contributed by atoms with Gasteiger partial charge in [0.15, 0.2) is 0 Å². The summed E-state index contributed by atoms with van der Waals surface area (Å²) in [5.41, 5.74) is 4.10. The summed E-state index contributed by atoms with van der Waals surface area (Å²) >= 11 is 1.93. The standard InChI is InChI=1S/C23H21F2I/c1-2-3-4-5-16-6-8-17(9-7-16)18-10-12-20(21(24)14-18)19-11-13-23(26)22(25)15-19/h6-15H,2-5H2,1H3. The van der Waals surface area contributed by atoms with E-state index >= 15 is 0 Å². The fraction of sp³-hybridized carbons (Fsp3) is 0.217. The summed E-state index contributed by atoms with van der Waals surface area (Å²) in [5.74, 6) is -0.666. The normalized spacial score (nSPS) is 10.9. The van der Waals surface area contributed by atoms with Crippen LogP contribution in [-0.4, -0.2) is 0 Å². The average Bonchev–Trinajstić information content (AvgIpc) is 2.65. The molecule has 0 nitrogen and oxygen atoms in total. The van der Waals surface area contributed by atoms with Gasteiger partial charge in [0.25, 0.3) is 0 Å². The molecular formula is C23H21F2I. The average molecular weight is 462 g/mol. The molecule has 3 heteroatoms. The summed E-state index contributed by atoms with van der Waals surface area (Å²) in [7, 11) is 0. The van der Waals surface area contributed by atoms with Crippen LogP contribution < -0.4 is 0 Å². The molecule has 0 N–H and O–H groups in total. The zero-order chi connectivity index (χ0) is 18.5. The van der Waals surface area contributed by atoms with E-state index in [-0.39, 0.29) is 11.6 Å². The van der Waals surface area contributed by atoms with Crippen LogP contribution in [0.3, 0.4) is 0 Å². The van der Waals surface area contributed by atoms with Crippen molar-refractivity contribution in [1.29, 1.82) is 0 Å². The highest BCUT2D eigenvalue weighted by Gasteiger charge is 2.10. The van der Waals surface area contributed by atoms with Gasteiger partial charge in [-0.15, -0.1) is 0 Å². The number of unbranched alkanes of at least 4 members (excludes halogenated alkanes) is 2. The van der Waals surface area contributed by atoms with Crippen molar-refractivity contribution in [2.75, 3.05) is 0 Å². The Bertz CT molecular complexity index is 885. The number of hydrogen-bond acceptors (Lipinski definition) is 0. The second-order valence-electron chi connectivity index (χ2n) is 6.48. The van der Waals surface area contributed by atoms with Crippen molar-refractivity contribution in [3.05, 3.63) is 81.4 Å². The SMILES string of the molecule is CCCCCc1ccc(-c2ccc(-c3ccc(I)c(F)c3)c(F)c2)cc1. The summed E-state index contributed by atoms with van der Waals surface area (Å²) in [6.07, 6.45) is 4.74. The zero-order valence-electron chi connectivity index (χ0n) is 14.7. The first-order chi connectivity index (χ1) is 12.6. The van der Waals surface area contributed by atoms with Gasteiger partial charge in [-0.25, -0.2) is 8.78 Å². The van der Waals surface area contributed by atoms with E-state index in [1.165, 1.54) is 37.0 Å². The molecule has 0 saturated carbocycles. The first-order valence-electron chi connectivity index (χ1n) is 8.93. The van der Waals surface area contributed by atoms with Crippen molar-refractivity contribution < 1.29 is 8.78 Å². The minimum Gasteiger partial charge on any atom is -0.206 e. The third-order valence-electron chi connectivity index (χ3n) is 4.56. The molecule has 0 aliphatic heterocycles. The lowest BCUT2D eigenvalue weighted by molar-refractivity contribution is 0.619. The molecule has 3 aromatic rings. The predicted octanol–water partition coefficient (Wildman–Crippen LogP) is 7.64. The molecule has 0 aromatic heterocycles. The molecule has 0 atom stereocenters. The zero-order valence-corrected chi connectivity index (χ0v) is 16.9. The fourth-order valence-electron chi connectivity index (χ4n) is 3.04. The Morgan fingerprint density at radius 3 is 2.04 bits per heavy atom. The van der Waals surface area contributed by atoms with Crippen LogP contribution in [0.1, 0.15) is 31.7 Å². The van der Waals surface area contributed by atoms with E-state index in [1.807, 2.05) is 40.8 Å². The third kappa shape index (κ3) is 4.50. The van der Waals surface area contributed by atoms with Crippen molar-refractivity contribution >= 4 is 22.6 Å². The van der Waals surface area contributed by atoms with Gasteiger partial charge in [-0.3, -0.25) is 0 Å². The van der Waals surface area contributed by atoms with Gasteiger partial charge >= 0.3 is 0 Å². The Hall–Kier alpha value is -1.75. The van der Waals surface area contributed by atoms with Crippen LogP contribution in [0, 0.1) is 15.2 Å². The Balaban J connectivity index is 1.81.